The number of rotatable bonds is 4. The fourth-order valence-electron chi connectivity index (χ4n) is 2.99. The van der Waals surface area contributed by atoms with E-state index in [4.69, 9.17) is 9.84 Å². The standard InChI is InChI=1S/C15H17N3O5/c1-7-10(16-4-6-19)14(22)11-12(13(7)21)18-5-3-9(15(18)17-11)23-8(2)20/h9,16,19H,3-6H2,1-2H3. The maximum absolute atomic E-state index is 12.6. The summed E-state index contributed by atoms with van der Waals surface area (Å²) in [6, 6.07) is 0. The lowest BCUT2D eigenvalue weighted by atomic mass is 9.95. The average Bonchev–Trinajstić information content (AvgIpc) is 3.05. The number of nitrogens with zero attached hydrogens (tertiary/aromatic N) is 2. The zero-order valence-corrected chi connectivity index (χ0v) is 12.9. The van der Waals surface area contributed by atoms with Crippen molar-refractivity contribution < 1.29 is 24.2 Å². The number of carbonyl (C=O) groups excluding carboxylic acids is 3. The number of fused-ring (bicyclic) bond motifs is 3. The van der Waals surface area contributed by atoms with E-state index in [1.165, 1.54) is 6.92 Å². The molecule has 0 bridgehead atoms. The van der Waals surface area contributed by atoms with Crippen molar-refractivity contribution in [3.8, 4) is 0 Å². The van der Waals surface area contributed by atoms with E-state index in [0.29, 0.717) is 24.4 Å². The van der Waals surface area contributed by atoms with E-state index in [1.807, 2.05) is 0 Å². The Bertz CT molecular complexity index is 747. The Hall–Kier alpha value is -2.48. The zero-order chi connectivity index (χ0) is 16.7. The summed E-state index contributed by atoms with van der Waals surface area (Å²) in [5.74, 6) is -0.652. The van der Waals surface area contributed by atoms with Crippen molar-refractivity contribution in [2.24, 2.45) is 0 Å². The number of imidazole rings is 1. The smallest absolute Gasteiger partial charge is 0.303 e. The first-order chi connectivity index (χ1) is 11.0. The quantitative estimate of drug-likeness (QED) is 0.759. The SMILES string of the molecule is CC(=O)OC1CCn2c1nc1c2C(=O)C(C)=C(NCCO)C1=O. The Morgan fingerprint density at radius 1 is 1.43 bits per heavy atom. The van der Waals surface area contributed by atoms with E-state index < -0.39 is 12.1 Å². The third kappa shape index (κ3) is 2.35. The van der Waals surface area contributed by atoms with E-state index in [1.54, 1.807) is 11.5 Å². The summed E-state index contributed by atoms with van der Waals surface area (Å²) in [5.41, 5.74) is 0.798. The molecule has 8 nitrogen and oxygen atoms in total. The van der Waals surface area contributed by atoms with Crippen LogP contribution in [0.3, 0.4) is 0 Å². The van der Waals surface area contributed by atoms with Gasteiger partial charge < -0.3 is 19.7 Å². The zero-order valence-electron chi connectivity index (χ0n) is 12.9. The number of Topliss-reactive ketones (excluding diaryl/α,β-unsaturated/α-hetero) is 2. The lowest BCUT2D eigenvalue weighted by Crippen LogP contribution is -2.32. The second kappa shape index (κ2) is 5.62. The molecule has 2 heterocycles. The first-order valence-electron chi connectivity index (χ1n) is 7.38. The maximum atomic E-state index is 12.6. The number of ether oxygens (including phenoxy) is 1. The molecule has 0 amide bonds. The average molecular weight is 319 g/mol. The fourth-order valence-corrected chi connectivity index (χ4v) is 2.99. The molecule has 1 aromatic heterocycles. The molecule has 8 heteroatoms. The number of carbonyl (C=O) groups is 3. The minimum Gasteiger partial charge on any atom is -0.454 e. The Kier molecular flexibility index (Phi) is 3.77. The summed E-state index contributed by atoms with van der Waals surface area (Å²) in [4.78, 5) is 40.6. The van der Waals surface area contributed by atoms with Crippen molar-refractivity contribution >= 4 is 17.5 Å². The van der Waals surface area contributed by atoms with Gasteiger partial charge in [0.1, 0.15) is 11.4 Å². The molecule has 122 valence electrons. The van der Waals surface area contributed by atoms with Crippen LogP contribution in [0.2, 0.25) is 0 Å². The predicted octanol–water partition coefficient (Wildman–Crippen LogP) is 0.126. The number of nitrogens with one attached hydrogen (secondary N) is 1. The van der Waals surface area contributed by atoms with Crippen LogP contribution >= 0.6 is 0 Å². The van der Waals surface area contributed by atoms with E-state index in [0.717, 1.165) is 0 Å². The highest BCUT2D eigenvalue weighted by Crippen LogP contribution is 2.35. The summed E-state index contributed by atoms with van der Waals surface area (Å²) in [5, 5.41) is 11.7. The molecule has 2 aliphatic rings. The van der Waals surface area contributed by atoms with Gasteiger partial charge in [-0.1, -0.05) is 0 Å². The monoisotopic (exact) mass is 319 g/mol. The van der Waals surface area contributed by atoms with E-state index in [-0.39, 0.29) is 41.8 Å². The van der Waals surface area contributed by atoms with Crippen LogP contribution < -0.4 is 5.32 Å². The van der Waals surface area contributed by atoms with Crippen molar-refractivity contribution in [3.05, 3.63) is 28.5 Å². The van der Waals surface area contributed by atoms with Gasteiger partial charge in [0.15, 0.2) is 11.9 Å². The minimum atomic E-state index is -0.534. The first kappa shape index (κ1) is 15.4. The summed E-state index contributed by atoms with van der Waals surface area (Å²) in [6.07, 6.45) is 0.00236. The molecule has 0 radical (unpaired) electrons. The molecular formula is C15H17N3O5. The normalized spacial score (nSPS) is 19.7. The van der Waals surface area contributed by atoms with Gasteiger partial charge in [-0.3, -0.25) is 14.4 Å². The van der Waals surface area contributed by atoms with Crippen LogP contribution in [-0.4, -0.2) is 45.3 Å². The molecule has 0 fully saturated rings. The second-order valence-electron chi connectivity index (χ2n) is 5.51. The molecule has 1 atom stereocenters. The molecule has 0 aromatic carbocycles. The topological polar surface area (TPSA) is 111 Å². The molecule has 0 spiro atoms. The van der Waals surface area contributed by atoms with Gasteiger partial charge in [-0.15, -0.1) is 0 Å². The van der Waals surface area contributed by atoms with Crippen LogP contribution in [0.25, 0.3) is 0 Å². The van der Waals surface area contributed by atoms with Gasteiger partial charge in [0.25, 0.3) is 0 Å². The number of esters is 1. The third-order valence-electron chi connectivity index (χ3n) is 3.99. The summed E-state index contributed by atoms with van der Waals surface area (Å²) in [6.45, 7) is 3.37. The van der Waals surface area contributed by atoms with Gasteiger partial charge in [-0.25, -0.2) is 4.98 Å². The Balaban J connectivity index is 2.02. The summed E-state index contributed by atoms with van der Waals surface area (Å²) >= 11 is 0. The molecule has 1 aliphatic carbocycles. The Morgan fingerprint density at radius 3 is 2.83 bits per heavy atom. The number of allylic oxidation sites excluding steroid dienone is 2. The number of hydrogen-bond acceptors (Lipinski definition) is 7. The Morgan fingerprint density at radius 2 is 2.17 bits per heavy atom. The highest BCUT2D eigenvalue weighted by Gasteiger charge is 2.40. The third-order valence-corrected chi connectivity index (χ3v) is 3.99. The van der Waals surface area contributed by atoms with Crippen LogP contribution in [0.5, 0.6) is 0 Å². The molecule has 3 rings (SSSR count). The number of aromatic nitrogens is 2. The molecule has 0 saturated carbocycles. The first-order valence-corrected chi connectivity index (χ1v) is 7.38. The summed E-state index contributed by atoms with van der Waals surface area (Å²) in [7, 11) is 0. The number of aliphatic hydroxyl groups excluding tert-OH is 1. The van der Waals surface area contributed by atoms with Crippen LogP contribution in [0.1, 0.15) is 53.2 Å². The molecule has 1 aliphatic heterocycles. The number of aliphatic hydroxyl groups is 1. The van der Waals surface area contributed by atoms with E-state index in [2.05, 4.69) is 10.3 Å². The van der Waals surface area contributed by atoms with Crippen molar-refractivity contribution in [2.75, 3.05) is 13.2 Å². The minimum absolute atomic E-state index is 0.0768. The van der Waals surface area contributed by atoms with Gasteiger partial charge in [0.2, 0.25) is 11.6 Å². The molecule has 0 saturated heterocycles. The molecular weight excluding hydrogens is 302 g/mol. The molecule has 1 unspecified atom stereocenters. The van der Waals surface area contributed by atoms with E-state index in [9.17, 15) is 14.4 Å². The van der Waals surface area contributed by atoms with Gasteiger partial charge >= 0.3 is 5.97 Å². The van der Waals surface area contributed by atoms with Crippen molar-refractivity contribution in [1.82, 2.24) is 14.9 Å². The lowest BCUT2D eigenvalue weighted by molar-refractivity contribution is -0.146. The van der Waals surface area contributed by atoms with Crippen molar-refractivity contribution in [1.29, 1.82) is 0 Å². The molecule has 1 aromatic rings. The van der Waals surface area contributed by atoms with Gasteiger partial charge in [0, 0.05) is 32.0 Å². The highest BCUT2D eigenvalue weighted by atomic mass is 16.5. The van der Waals surface area contributed by atoms with Gasteiger partial charge in [0.05, 0.1) is 12.3 Å². The predicted molar refractivity (Wildman–Crippen MR) is 77.8 cm³/mol. The molecule has 2 N–H and O–H groups in total. The van der Waals surface area contributed by atoms with Gasteiger partial charge in [-0.2, -0.15) is 0 Å². The van der Waals surface area contributed by atoms with Gasteiger partial charge in [-0.05, 0) is 6.92 Å². The van der Waals surface area contributed by atoms with Crippen LogP contribution in [0.4, 0.5) is 0 Å². The van der Waals surface area contributed by atoms with Crippen LogP contribution in [0, 0.1) is 0 Å². The second-order valence-corrected chi connectivity index (χ2v) is 5.51. The highest BCUT2D eigenvalue weighted by molar-refractivity contribution is 6.25. The van der Waals surface area contributed by atoms with Crippen LogP contribution in [0.15, 0.2) is 11.3 Å². The van der Waals surface area contributed by atoms with Crippen molar-refractivity contribution in [3.63, 3.8) is 0 Å². The maximum Gasteiger partial charge on any atom is 0.303 e. The van der Waals surface area contributed by atoms with Crippen LogP contribution in [-0.2, 0) is 16.1 Å². The van der Waals surface area contributed by atoms with E-state index >= 15 is 0 Å². The lowest BCUT2D eigenvalue weighted by Gasteiger charge is -2.17. The number of hydrogen-bond donors (Lipinski definition) is 2. The molecule has 23 heavy (non-hydrogen) atoms. The largest absolute Gasteiger partial charge is 0.454 e. The number of ketones is 2. The fraction of sp³-hybridized carbons (Fsp3) is 0.467. The summed E-state index contributed by atoms with van der Waals surface area (Å²) < 4.78 is 6.86. The Labute approximate surface area is 132 Å². The van der Waals surface area contributed by atoms with Crippen molar-refractivity contribution in [2.45, 2.75) is 32.9 Å².